The van der Waals surface area contributed by atoms with Gasteiger partial charge in [0, 0.05) is 11.6 Å². The summed E-state index contributed by atoms with van der Waals surface area (Å²) in [6.45, 7) is 18.9. The van der Waals surface area contributed by atoms with Crippen molar-refractivity contribution in [1.29, 1.82) is 0 Å². The first kappa shape index (κ1) is 30.7. The van der Waals surface area contributed by atoms with Crippen molar-refractivity contribution in [3.63, 3.8) is 0 Å². The van der Waals surface area contributed by atoms with Gasteiger partial charge in [0.1, 0.15) is 17.7 Å². The maximum absolute atomic E-state index is 14.3. The predicted octanol–water partition coefficient (Wildman–Crippen LogP) is 5.97. The molecule has 0 aliphatic heterocycles. The van der Waals surface area contributed by atoms with Crippen LogP contribution in [0.4, 0.5) is 4.79 Å². The topological polar surface area (TPSA) is 87.7 Å². The van der Waals surface area contributed by atoms with Crippen molar-refractivity contribution >= 4 is 17.9 Å². The molecular formula is C30H49N3O4. The number of nitrogens with zero attached hydrogens (tertiary/aromatic N) is 1. The summed E-state index contributed by atoms with van der Waals surface area (Å²) < 4.78 is 5.46. The van der Waals surface area contributed by atoms with E-state index in [-0.39, 0.29) is 23.8 Å². The molecule has 0 bridgehead atoms. The third kappa shape index (κ3) is 8.47. The Labute approximate surface area is 224 Å². The van der Waals surface area contributed by atoms with E-state index in [9.17, 15) is 14.4 Å². The lowest BCUT2D eigenvalue weighted by molar-refractivity contribution is -0.149. The molecule has 0 radical (unpaired) electrons. The van der Waals surface area contributed by atoms with Crippen LogP contribution in [0.3, 0.4) is 0 Å². The number of ether oxygens (including phenoxy) is 1. The van der Waals surface area contributed by atoms with Crippen molar-refractivity contribution in [3.05, 3.63) is 34.9 Å². The lowest BCUT2D eigenvalue weighted by Crippen LogP contribution is -2.60. The van der Waals surface area contributed by atoms with Crippen LogP contribution in [0.25, 0.3) is 0 Å². The van der Waals surface area contributed by atoms with Gasteiger partial charge in [-0.1, -0.05) is 51.3 Å². The van der Waals surface area contributed by atoms with E-state index in [4.69, 9.17) is 4.74 Å². The number of carbonyl (C=O) groups excluding carboxylic acids is 3. The van der Waals surface area contributed by atoms with Crippen LogP contribution in [0, 0.1) is 19.8 Å². The second-order valence-electron chi connectivity index (χ2n) is 12.8. The van der Waals surface area contributed by atoms with Gasteiger partial charge in [0.15, 0.2) is 0 Å². The van der Waals surface area contributed by atoms with Crippen molar-refractivity contribution in [1.82, 2.24) is 15.5 Å². The number of hydrogen-bond donors (Lipinski definition) is 2. The van der Waals surface area contributed by atoms with Gasteiger partial charge in [-0.15, -0.1) is 0 Å². The van der Waals surface area contributed by atoms with Crippen LogP contribution in [-0.4, -0.2) is 46.0 Å². The minimum atomic E-state index is -0.857. The summed E-state index contributed by atoms with van der Waals surface area (Å²) in [6, 6.07) is 4.29. The second kappa shape index (κ2) is 12.3. The van der Waals surface area contributed by atoms with Crippen LogP contribution in [0.5, 0.6) is 0 Å². The summed E-state index contributed by atoms with van der Waals surface area (Å²) >= 11 is 0. The Morgan fingerprint density at radius 1 is 0.973 bits per heavy atom. The highest BCUT2D eigenvalue weighted by Crippen LogP contribution is 2.34. The molecule has 1 aliphatic rings. The van der Waals surface area contributed by atoms with E-state index in [1.54, 1.807) is 25.7 Å². The zero-order valence-electron chi connectivity index (χ0n) is 24.7. The van der Waals surface area contributed by atoms with E-state index in [1.807, 2.05) is 66.7 Å². The van der Waals surface area contributed by atoms with Gasteiger partial charge in [-0.3, -0.25) is 9.59 Å². The summed E-state index contributed by atoms with van der Waals surface area (Å²) in [4.78, 5) is 42.7. The number of carbonyl (C=O) groups is 3. The van der Waals surface area contributed by atoms with Gasteiger partial charge in [-0.25, -0.2) is 4.79 Å². The average Bonchev–Trinajstić information content (AvgIpc) is 2.76. The first-order valence-corrected chi connectivity index (χ1v) is 13.7. The van der Waals surface area contributed by atoms with Crippen molar-refractivity contribution in [2.24, 2.45) is 5.92 Å². The summed E-state index contributed by atoms with van der Waals surface area (Å²) in [5.41, 5.74) is 1.44. The van der Waals surface area contributed by atoms with Crippen molar-refractivity contribution < 1.29 is 19.1 Å². The zero-order valence-corrected chi connectivity index (χ0v) is 24.7. The first-order valence-electron chi connectivity index (χ1n) is 13.7. The Hall–Kier alpha value is -2.57. The molecule has 208 valence electrons. The Balaban J connectivity index is 2.56. The van der Waals surface area contributed by atoms with Crippen LogP contribution >= 0.6 is 0 Å². The molecule has 7 nitrogen and oxygen atoms in total. The number of hydrogen-bond acceptors (Lipinski definition) is 4. The fraction of sp³-hybridized carbons (Fsp3) is 0.700. The number of rotatable bonds is 7. The van der Waals surface area contributed by atoms with Crippen molar-refractivity contribution in [2.45, 2.75) is 131 Å². The predicted molar refractivity (Wildman–Crippen MR) is 148 cm³/mol. The molecule has 1 fully saturated rings. The Kier molecular flexibility index (Phi) is 10.2. The first-order chi connectivity index (χ1) is 17.0. The maximum Gasteiger partial charge on any atom is 0.408 e. The minimum Gasteiger partial charge on any atom is -0.444 e. The summed E-state index contributed by atoms with van der Waals surface area (Å²) in [7, 11) is 0. The van der Waals surface area contributed by atoms with Crippen LogP contribution < -0.4 is 10.6 Å². The molecule has 1 aromatic carbocycles. The fourth-order valence-electron chi connectivity index (χ4n) is 4.94. The Bertz CT molecular complexity index is 953. The van der Waals surface area contributed by atoms with Crippen molar-refractivity contribution in [3.8, 4) is 0 Å². The van der Waals surface area contributed by atoms with Crippen LogP contribution in [0.2, 0.25) is 0 Å². The number of alkyl carbamates (subject to hydrolysis) is 1. The molecular weight excluding hydrogens is 466 g/mol. The van der Waals surface area contributed by atoms with E-state index in [2.05, 4.69) is 10.6 Å². The minimum absolute atomic E-state index is 0.103. The van der Waals surface area contributed by atoms with Crippen LogP contribution in [0.15, 0.2) is 18.2 Å². The third-order valence-corrected chi connectivity index (χ3v) is 6.96. The van der Waals surface area contributed by atoms with Crippen LogP contribution in [-0.2, 0) is 14.3 Å². The van der Waals surface area contributed by atoms with Gasteiger partial charge in [0.25, 0.3) is 0 Å². The van der Waals surface area contributed by atoms with Gasteiger partial charge < -0.3 is 20.3 Å². The molecule has 3 amide bonds. The number of amides is 3. The molecule has 1 aliphatic carbocycles. The van der Waals surface area contributed by atoms with E-state index in [0.29, 0.717) is 0 Å². The van der Waals surface area contributed by atoms with Crippen LogP contribution in [0.1, 0.15) is 110 Å². The Morgan fingerprint density at radius 3 is 2.08 bits per heavy atom. The van der Waals surface area contributed by atoms with Gasteiger partial charge in [-0.05, 0) is 90.8 Å². The monoisotopic (exact) mass is 515 g/mol. The largest absolute Gasteiger partial charge is 0.444 e. The SMILES string of the molecule is Cc1cccc(C(C(=O)NC2CCCCC2)N(C(=O)C(NC(=O)OC(C)(C)C)C(C)C)C(C)(C)C)c1C. The smallest absolute Gasteiger partial charge is 0.408 e. The molecule has 2 rings (SSSR count). The zero-order chi connectivity index (χ0) is 28.1. The molecule has 0 aromatic heterocycles. The lowest BCUT2D eigenvalue weighted by atomic mass is 9.89. The highest BCUT2D eigenvalue weighted by molar-refractivity contribution is 5.93. The van der Waals surface area contributed by atoms with E-state index < -0.39 is 29.3 Å². The average molecular weight is 516 g/mol. The van der Waals surface area contributed by atoms with Gasteiger partial charge in [-0.2, -0.15) is 0 Å². The van der Waals surface area contributed by atoms with E-state index in [0.717, 1.165) is 42.4 Å². The maximum atomic E-state index is 14.3. The fourth-order valence-corrected chi connectivity index (χ4v) is 4.94. The lowest BCUT2D eigenvalue weighted by Gasteiger charge is -2.44. The molecule has 7 heteroatoms. The van der Waals surface area contributed by atoms with Crippen molar-refractivity contribution in [2.75, 3.05) is 0 Å². The molecule has 2 unspecified atom stereocenters. The van der Waals surface area contributed by atoms with Gasteiger partial charge >= 0.3 is 6.09 Å². The molecule has 2 atom stereocenters. The van der Waals surface area contributed by atoms with E-state index in [1.165, 1.54) is 6.42 Å². The number of benzene rings is 1. The molecule has 1 saturated carbocycles. The number of aryl methyl sites for hydroxylation is 1. The summed E-state index contributed by atoms with van der Waals surface area (Å²) in [6.07, 6.45) is 4.62. The summed E-state index contributed by atoms with van der Waals surface area (Å²) in [5, 5.41) is 6.06. The standard InChI is InChI=1S/C30H49N3O4/c1-19(2)24(32-28(36)37-30(8,9)10)27(35)33(29(5,6)7)25(23-18-14-15-20(3)21(23)4)26(34)31-22-16-12-11-13-17-22/h14-15,18-19,22,24-25H,11-13,16-17H2,1-10H3,(H,31,34)(H,32,36). The molecule has 0 spiro atoms. The number of nitrogens with one attached hydrogen (secondary N) is 2. The van der Waals surface area contributed by atoms with Gasteiger partial charge in [0.2, 0.25) is 11.8 Å². The molecule has 0 saturated heterocycles. The molecule has 1 aromatic rings. The third-order valence-electron chi connectivity index (χ3n) is 6.96. The quantitative estimate of drug-likeness (QED) is 0.468. The highest BCUT2D eigenvalue weighted by Gasteiger charge is 2.43. The Morgan fingerprint density at radius 2 is 1.57 bits per heavy atom. The molecule has 37 heavy (non-hydrogen) atoms. The van der Waals surface area contributed by atoms with E-state index >= 15 is 0 Å². The second-order valence-corrected chi connectivity index (χ2v) is 12.8. The van der Waals surface area contributed by atoms with Gasteiger partial charge in [0.05, 0.1) is 0 Å². The molecule has 2 N–H and O–H groups in total. The summed E-state index contributed by atoms with van der Waals surface area (Å²) in [5.74, 6) is -0.702. The molecule has 0 heterocycles. The highest BCUT2D eigenvalue weighted by atomic mass is 16.6. The normalized spacial score (nSPS) is 16.6.